The fourth-order valence-corrected chi connectivity index (χ4v) is 2.34. The van der Waals surface area contributed by atoms with Gasteiger partial charge in [-0.3, -0.25) is 0 Å². The molecule has 0 aliphatic carbocycles. The van der Waals surface area contributed by atoms with E-state index >= 15 is 0 Å². The Labute approximate surface area is 110 Å². The van der Waals surface area contributed by atoms with E-state index in [1.165, 1.54) is 12.0 Å². The summed E-state index contributed by atoms with van der Waals surface area (Å²) in [5.41, 5.74) is 0.983. The average Bonchev–Trinajstić information content (AvgIpc) is 2.90. The van der Waals surface area contributed by atoms with Gasteiger partial charge in [0.05, 0.1) is 0 Å². The second-order valence-electron chi connectivity index (χ2n) is 6.01. The zero-order valence-corrected chi connectivity index (χ0v) is 12.0. The monoisotopic (exact) mass is 254 g/mol. The maximum atomic E-state index is 10.7. The number of carbonyl (C=O) groups is 1. The van der Waals surface area contributed by atoms with Gasteiger partial charge in [-0.1, -0.05) is 31.4 Å². The van der Waals surface area contributed by atoms with Gasteiger partial charge in [0.1, 0.15) is 5.60 Å². The van der Waals surface area contributed by atoms with E-state index < -0.39 is 17.7 Å². The molecule has 0 aromatic rings. The molecule has 3 atom stereocenters. The van der Waals surface area contributed by atoms with Crippen molar-refractivity contribution in [2.45, 2.75) is 71.5 Å². The Morgan fingerprint density at radius 1 is 1.44 bits per heavy atom. The van der Waals surface area contributed by atoms with Crippen LogP contribution in [0.5, 0.6) is 0 Å². The highest BCUT2D eigenvalue weighted by molar-refractivity contribution is 5.77. The summed E-state index contributed by atoms with van der Waals surface area (Å²) in [6.45, 7) is 8.42. The van der Waals surface area contributed by atoms with Crippen molar-refractivity contribution in [3.63, 3.8) is 0 Å². The van der Waals surface area contributed by atoms with E-state index in [4.69, 9.17) is 9.84 Å². The molecule has 0 spiro atoms. The van der Waals surface area contributed by atoms with Gasteiger partial charge in [0.2, 0.25) is 0 Å². The van der Waals surface area contributed by atoms with Crippen LogP contribution < -0.4 is 0 Å². The Bertz CT molecular complexity index is 318. The summed E-state index contributed by atoms with van der Waals surface area (Å²) in [7, 11) is 0. The Kier molecular flexibility index (Phi) is 5.39. The van der Waals surface area contributed by atoms with Crippen molar-refractivity contribution >= 4 is 5.97 Å². The van der Waals surface area contributed by atoms with Gasteiger partial charge in [0.25, 0.3) is 0 Å². The predicted molar refractivity (Wildman–Crippen MR) is 72.6 cm³/mol. The predicted octanol–water partition coefficient (Wildman–Crippen LogP) is 3.78. The second-order valence-corrected chi connectivity index (χ2v) is 6.01. The first-order chi connectivity index (χ1) is 8.35. The largest absolute Gasteiger partial charge is 0.479 e. The zero-order chi connectivity index (χ0) is 13.8. The number of carboxylic acid groups (broad SMARTS) is 1. The molecule has 0 aromatic heterocycles. The highest BCUT2D eigenvalue weighted by Crippen LogP contribution is 2.41. The molecule has 104 valence electrons. The van der Waals surface area contributed by atoms with Crippen LogP contribution >= 0.6 is 0 Å². The summed E-state index contributed by atoms with van der Waals surface area (Å²) in [5, 5.41) is 8.83. The fourth-order valence-electron chi connectivity index (χ4n) is 2.34. The molecule has 0 amide bonds. The van der Waals surface area contributed by atoms with Crippen LogP contribution in [0.2, 0.25) is 0 Å². The number of epoxide rings is 1. The van der Waals surface area contributed by atoms with E-state index in [1.54, 1.807) is 0 Å². The minimum Gasteiger partial charge on any atom is -0.479 e. The Balaban J connectivity index is 2.11. The van der Waals surface area contributed by atoms with E-state index in [0.29, 0.717) is 5.92 Å². The highest BCUT2D eigenvalue weighted by Gasteiger charge is 2.56. The number of rotatable bonds is 8. The Morgan fingerprint density at radius 2 is 2.11 bits per heavy atom. The lowest BCUT2D eigenvalue weighted by atomic mass is 9.94. The van der Waals surface area contributed by atoms with Gasteiger partial charge in [0.15, 0.2) is 6.10 Å². The molecular weight excluding hydrogens is 228 g/mol. The molecule has 1 saturated heterocycles. The summed E-state index contributed by atoms with van der Waals surface area (Å²) in [5.74, 6) is -0.125. The summed E-state index contributed by atoms with van der Waals surface area (Å²) in [6.07, 6.45) is 7.14. The molecule has 1 rings (SSSR count). The van der Waals surface area contributed by atoms with E-state index in [2.05, 4.69) is 26.8 Å². The number of ether oxygens (including phenoxy) is 1. The molecule has 3 heteroatoms. The highest BCUT2D eigenvalue weighted by atomic mass is 16.6. The molecule has 1 fully saturated rings. The average molecular weight is 254 g/mol. The topological polar surface area (TPSA) is 49.8 Å². The van der Waals surface area contributed by atoms with Crippen molar-refractivity contribution in [3.05, 3.63) is 11.6 Å². The molecule has 1 aliphatic rings. The van der Waals surface area contributed by atoms with Crippen molar-refractivity contribution in [2.75, 3.05) is 0 Å². The third-order valence-electron chi connectivity index (χ3n) is 3.69. The fraction of sp³-hybridized carbons (Fsp3) is 0.800. The van der Waals surface area contributed by atoms with Gasteiger partial charge in [-0.25, -0.2) is 4.79 Å². The lowest BCUT2D eigenvalue weighted by Crippen LogP contribution is -2.17. The van der Waals surface area contributed by atoms with Crippen LogP contribution in [0.1, 0.15) is 59.8 Å². The number of hydrogen-bond acceptors (Lipinski definition) is 2. The van der Waals surface area contributed by atoms with Crippen LogP contribution in [0.4, 0.5) is 0 Å². The normalized spacial score (nSPS) is 27.7. The van der Waals surface area contributed by atoms with Gasteiger partial charge in [-0.2, -0.15) is 0 Å². The lowest BCUT2D eigenvalue weighted by molar-refractivity contribution is -0.138. The van der Waals surface area contributed by atoms with Crippen molar-refractivity contribution in [3.8, 4) is 0 Å². The second kappa shape index (κ2) is 6.37. The van der Waals surface area contributed by atoms with Crippen LogP contribution in [0, 0.1) is 5.92 Å². The van der Waals surface area contributed by atoms with Crippen molar-refractivity contribution in [2.24, 2.45) is 5.92 Å². The molecule has 0 aromatic carbocycles. The number of hydrogen-bond donors (Lipinski definition) is 1. The van der Waals surface area contributed by atoms with E-state index in [1.807, 2.05) is 6.92 Å². The quantitative estimate of drug-likeness (QED) is 0.529. The summed E-state index contributed by atoms with van der Waals surface area (Å²) >= 11 is 0. The molecule has 1 heterocycles. The molecule has 18 heavy (non-hydrogen) atoms. The van der Waals surface area contributed by atoms with Gasteiger partial charge >= 0.3 is 5.97 Å². The first-order valence-electron chi connectivity index (χ1n) is 6.89. The maximum absolute atomic E-state index is 10.7. The molecule has 0 bridgehead atoms. The van der Waals surface area contributed by atoms with Crippen LogP contribution in [0.15, 0.2) is 11.6 Å². The van der Waals surface area contributed by atoms with E-state index in [9.17, 15) is 4.79 Å². The third kappa shape index (κ3) is 4.81. The number of allylic oxidation sites excluding steroid dienone is 2. The molecule has 0 radical (unpaired) electrons. The Morgan fingerprint density at radius 3 is 2.61 bits per heavy atom. The summed E-state index contributed by atoms with van der Waals surface area (Å²) in [4.78, 5) is 10.7. The molecule has 3 nitrogen and oxygen atoms in total. The van der Waals surface area contributed by atoms with Crippen molar-refractivity contribution < 1.29 is 14.6 Å². The lowest BCUT2D eigenvalue weighted by Gasteiger charge is -2.11. The summed E-state index contributed by atoms with van der Waals surface area (Å²) < 4.78 is 5.25. The van der Waals surface area contributed by atoms with Crippen LogP contribution in [0.3, 0.4) is 0 Å². The van der Waals surface area contributed by atoms with Crippen LogP contribution in [0.25, 0.3) is 0 Å². The number of aliphatic carboxylic acids is 1. The summed E-state index contributed by atoms with van der Waals surface area (Å²) in [6, 6.07) is 0. The maximum Gasteiger partial charge on any atom is 0.335 e. The van der Waals surface area contributed by atoms with Gasteiger partial charge < -0.3 is 9.84 Å². The van der Waals surface area contributed by atoms with Gasteiger partial charge in [0, 0.05) is 0 Å². The molecular formula is C15H26O3. The Hall–Kier alpha value is -0.830. The van der Waals surface area contributed by atoms with Crippen LogP contribution in [-0.4, -0.2) is 22.8 Å². The molecule has 1 aliphatic heterocycles. The minimum atomic E-state index is -0.825. The molecule has 0 saturated carbocycles. The SMILES string of the molecule is CC(C)=CCCC(C)CCCC1(C)OC1C(=O)O. The standard InChI is InChI=1S/C15H26O3/c1-11(2)7-5-8-12(3)9-6-10-15(4)13(18-15)14(16)17/h7,12-13H,5-6,8-10H2,1-4H3,(H,16,17). The number of carboxylic acids is 1. The molecule has 1 N–H and O–H groups in total. The zero-order valence-electron chi connectivity index (χ0n) is 12.0. The third-order valence-corrected chi connectivity index (χ3v) is 3.69. The molecule has 3 unspecified atom stereocenters. The van der Waals surface area contributed by atoms with Crippen molar-refractivity contribution in [1.82, 2.24) is 0 Å². The van der Waals surface area contributed by atoms with Crippen molar-refractivity contribution in [1.29, 1.82) is 0 Å². The first-order valence-corrected chi connectivity index (χ1v) is 6.89. The van der Waals surface area contributed by atoms with Gasteiger partial charge in [-0.05, 0) is 46.0 Å². The van der Waals surface area contributed by atoms with E-state index in [0.717, 1.165) is 25.7 Å². The van der Waals surface area contributed by atoms with E-state index in [-0.39, 0.29) is 0 Å². The smallest absolute Gasteiger partial charge is 0.335 e. The van der Waals surface area contributed by atoms with Gasteiger partial charge in [-0.15, -0.1) is 0 Å². The van der Waals surface area contributed by atoms with Crippen LogP contribution in [-0.2, 0) is 9.53 Å². The minimum absolute atomic E-state index is 0.397. The first kappa shape index (κ1) is 15.2.